The van der Waals surface area contributed by atoms with Crippen molar-refractivity contribution in [1.29, 1.82) is 0 Å². The van der Waals surface area contributed by atoms with Crippen molar-refractivity contribution < 1.29 is 13.2 Å². The summed E-state index contributed by atoms with van der Waals surface area (Å²) in [6.07, 6.45) is -4.36. The van der Waals surface area contributed by atoms with Crippen LogP contribution in [-0.4, -0.2) is 11.5 Å². The van der Waals surface area contributed by atoms with Gasteiger partial charge in [-0.2, -0.15) is 13.2 Å². The normalized spacial score (nSPS) is 11.6. The molecule has 0 fully saturated rings. The highest BCUT2D eigenvalue weighted by Gasteiger charge is 2.31. The first-order valence-corrected chi connectivity index (χ1v) is 7.23. The Morgan fingerprint density at radius 1 is 1.37 bits per heavy atom. The summed E-state index contributed by atoms with van der Waals surface area (Å²) < 4.78 is 39.3. The molecule has 2 heterocycles. The Morgan fingerprint density at radius 3 is 2.74 bits per heavy atom. The van der Waals surface area contributed by atoms with Crippen LogP contribution in [0.3, 0.4) is 0 Å². The first-order chi connectivity index (χ1) is 8.99. The van der Waals surface area contributed by atoms with Gasteiger partial charge in [-0.15, -0.1) is 11.3 Å². The molecule has 0 aliphatic rings. The van der Waals surface area contributed by atoms with Gasteiger partial charge in [0.1, 0.15) is 10.8 Å². The van der Waals surface area contributed by atoms with Crippen LogP contribution in [0, 0.1) is 0 Å². The molecule has 0 unspecified atom stereocenters. The molecule has 0 aliphatic carbocycles. The van der Waals surface area contributed by atoms with Crippen molar-refractivity contribution in [1.82, 2.24) is 4.98 Å². The molecular weight excluding hydrogens is 293 g/mol. The van der Waals surface area contributed by atoms with Gasteiger partial charge >= 0.3 is 6.18 Å². The molecule has 1 N–H and O–H groups in total. The van der Waals surface area contributed by atoms with E-state index < -0.39 is 11.7 Å². The molecule has 7 heteroatoms. The molecule has 0 saturated carbocycles. The first kappa shape index (κ1) is 14.2. The van der Waals surface area contributed by atoms with Gasteiger partial charge in [-0.25, -0.2) is 4.98 Å². The van der Waals surface area contributed by atoms with Crippen molar-refractivity contribution >= 4 is 28.9 Å². The summed E-state index contributed by atoms with van der Waals surface area (Å²) in [6.45, 7) is 2.34. The third-order valence-corrected chi connectivity index (χ3v) is 4.14. The lowest BCUT2D eigenvalue weighted by Gasteiger charge is -2.11. The molecule has 0 saturated heterocycles. The maximum atomic E-state index is 12.8. The quantitative estimate of drug-likeness (QED) is 0.882. The fourth-order valence-corrected chi connectivity index (χ4v) is 3.16. The summed E-state index contributed by atoms with van der Waals surface area (Å²) >= 11 is 2.70. The summed E-state index contributed by atoms with van der Waals surface area (Å²) in [7, 11) is 0. The van der Waals surface area contributed by atoms with Gasteiger partial charge in [0.2, 0.25) is 0 Å². The van der Waals surface area contributed by atoms with E-state index >= 15 is 0 Å². The van der Waals surface area contributed by atoms with Gasteiger partial charge in [-0.05, 0) is 30.5 Å². The minimum atomic E-state index is -4.36. The van der Waals surface area contributed by atoms with Crippen molar-refractivity contribution in [3.63, 3.8) is 0 Å². The zero-order valence-corrected chi connectivity index (χ0v) is 11.6. The third kappa shape index (κ3) is 3.87. The highest BCUT2D eigenvalue weighted by Crippen LogP contribution is 2.36. The van der Waals surface area contributed by atoms with Crippen LogP contribution in [0.5, 0.6) is 0 Å². The lowest BCUT2D eigenvalue weighted by molar-refractivity contribution is -0.137. The maximum absolute atomic E-state index is 12.8. The Hall–Kier alpha value is -1.21. The fraction of sp³-hybridized carbons (Fsp3) is 0.250. The van der Waals surface area contributed by atoms with E-state index in [2.05, 4.69) is 10.3 Å². The number of nitrogens with zero attached hydrogens (tertiary/aromatic N) is 1. The predicted molar refractivity (Wildman–Crippen MR) is 71.8 cm³/mol. The number of hydrogen-bond donors (Lipinski definition) is 1. The van der Waals surface area contributed by atoms with E-state index in [0.29, 0.717) is 11.6 Å². The summed E-state index contributed by atoms with van der Waals surface area (Å²) in [6, 6.07) is 5.81. The Bertz CT molecular complexity index is 538. The van der Waals surface area contributed by atoms with Crippen LogP contribution in [0.25, 0.3) is 0 Å². The number of pyridine rings is 1. The Kier molecular flexibility index (Phi) is 4.36. The van der Waals surface area contributed by atoms with Crippen LogP contribution >= 0.6 is 23.1 Å². The summed E-state index contributed by atoms with van der Waals surface area (Å²) in [4.78, 5) is 4.17. The van der Waals surface area contributed by atoms with Crippen LogP contribution in [-0.2, 0) is 6.18 Å². The molecule has 102 valence electrons. The molecule has 19 heavy (non-hydrogen) atoms. The van der Waals surface area contributed by atoms with E-state index in [1.807, 2.05) is 24.4 Å². The highest BCUT2D eigenvalue weighted by molar-refractivity contribution is 8.01. The van der Waals surface area contributed by atoms with Crippen molar-refractivity contribution in [2.24, 2.45) is 0 Å². The minimum absolute atomic E-state index is 0.247. The molecule has 2 rings (SSSR count). The molecule has 2 aromatic rings. The summed E-state index contributed by atoms with van der Waals surface area (Å²) in [5.74, 6) is 0.247. The average molecular weight is 304 g/mol. The molecule has 2 nitrogen and oxygen atoms in total. The van der Waals surface area contributed by atoms with Gasteiger partial charge in [-0.1, -0.05) is 17.8 Å². The van der Waals surface area contributed by atoms with Crippen LogP contribution in [0.1, 0.15) is 12.5 Å². The van der Waals surface area contributed by atoms with Crippen LogP contribution in [0.4, 0.5) is 19.0 Å². The number of rotatable bonds is 4. The highest BCUT2D eigenvalue weighted by atomic mass is 32.2. The van der Waals surface area contributed by atoms with Crippen molar-refractivity contribution in [2.75, 3.05) is 11.9 Å². The Balaban J connectivity index is 2.34. The number of thiophene rings is 1. The zero-order chi connectivity index (χ0) is 13.9. The second-order valence-corrected chi connectivity index (χ2v) is 5.91. The molecular formula is C12H11F3N2S2. The van der Waals surface area contributed by atoms with E-state index in [-0.39, 0.29) is 5.82 Å². The molecule has 2 aromatic heterocycles. The fourth-order valence-electron chi connectivity index (χ4n) is 1.42. The third-order valence-electron chi connectivity index (χ3n) is 2.19. The first-order valence-electron chi connectivity index (χ1n) is 5.53. The molecule has 0 radical (unpaired) electrons. The summed E-state index contributed by atoms with van der Waals surface area (Å²) in [5.41, 5.74) is -0.683. The van der Waals surface area contributed by atoms with Gasteiger partial charge in [0.15, 0.2) is 0 Å². The Labute approximate surface area is 117 Å². The topological polar surface area (TPSA) is 24.9 Å². The number of halogens is 3. The number of hydrogen-bond acceptors (Lipinski definition) is 4. The van der Waals surface area contributed by atoms with Crippen LogP contribution < -0.4 is 5.32 Å². The standard InChI is InChI=1S/C12H11F3N2S2/c1-2-16-9-6-8(12(13,14)15)7-10(17-9)19-11-4-3-5-18-11/h3-7H,2H2,1H3,(H,16,17). The summed E-state index contributed by atoms with van der Waals surface area (Å²) in [5, 5.41) is 5.04. The van der Waals surface area contributed by atoms with E-state index in [1.54, 1.807) is 0 Å². The van der Waals surface area contributed by atoms with E-state index in [0.717, 1.165) is 16.3 Å². The number of alkyl halides is 3. The lowest BCUT2D eigenvalue weighted by atomic mass is 10.2. The maximum Gasteiger partial charge on any atom is 0.416 e. The molecule has 0 spiro atoms. The van der Waals surface area contributed by atoms with Gasteiger partial charge in [0, 0.05) is 6.54 Å². The second kappa shape index (κ2) is 5.83. The van der Waals surface area contributed by atoms with Crippen LogP contribution in [0.2, 0.25) is 0 Å². The minimum Gasteiger partial charge on any atom is -0.370 e. The SMILES string of the molecule is CCNc1cc(C(F)(F)F)cc(Sc2cccs2)n1. The predicted octanol–water partition coefficient (Wildman–Crippen LogP) is 4.74. The number of nitrogens with one attached hydrogen (secondary N) is 1. The van der Waals surface area contributed by atoms with Gasteiger partial charge < -0.3 is 5.32 Å². The smallest absolute Gasteiger partial charge is 0.370 e. The number of anilines is 1. The van der Waals surface area contributed by atoms with Crippen molar-refractivity contribution in [3.05, 3.63) is 35.2 Å². The van der Waals surface area contributed by atoms with E-state index in [9.17, 15) is 13.2 Å². The van der Waals surface area contributed by atoms with Crippen LogP contribution in [0.15, 0.2) is 38.9 Å². The van der Waals surface area contributed by atoms with Gasteiger partial charge in [0.25, 0.3) is 0 Å². The monoisotopic (exact) mass is 304 g/mol. The molecule has 0 aromatic carbocycles. The van der Waals surface area contributed by atoms with Gasteiger partial charge in [0.05, 0.1) is 9.77 Å². The zero-order valence-electron chi connectivity index (χ0n) is 9.99. The van der Waals surface area contributed by atoms with Crippen molar-refractivity contribution in [2.45, 2.75) is 22.3 Å². The lowest BCUT2D eigenvalue weighted by Crippen LogP contribution is -2.08. The average Bonchev–Trinajstić information content (AvgIpc) is 2.81. The van der Waals surface area contributed by atoms with Gasteiger partial charge in [-0.3, -0.25) is 0 Å². The molecule has 0 amide bonds. The van der Waals surface area contributed by atoms with Crippen molar-refractivity contribution in [3.8, 4) is 0 Å². The van der Waals surface area contributed by atoms with E-state index in [1.165, 1.54) is 23.1 Å². The molecule has 0 atom stereocenters. The molecule has 0 bridgehead atoms. The number of aromatic nitrogens is 1. The largest absolute Gasteiger partial charge is 0.416 e. The Morgan fingerprint density at radius 2 is 2.16 bits per heavy atom. The second-order valence-electron chi connectivity index (χ2n) is 3.64. The molecule has 0 aliphatic heterocycles. The van der Waals surface area contributed by atoms with E-state index in [4.69, 9.17) is 0 Å².